The number of unbranched alkanes of at least 4 members (excludes halogenated alkanes) is 1. The Bertz CT molecular complexity index is 666. The van der Waals surface area contributed by atoms with E-state index in [2.05, 4.69) is 61.8 Å². The molecular weight excluding hydrogens is 344 g/mol. The minimum absolute atomic E-state index is 0.402. The minimum Gasteiger partial charge on any atom is -0.497 e. The third-order valence-corrected chi connectivity index (χ3v) is 6.73. The van der Waals surface area contributed by atoms with Crippen LogP contribution in [0.4, 0.5) is 5.69 Å². The highest BCUT2D eigenvalue weighted by atomic mass is 16.5. The number of nitrogens with zero attached hydrogens (tertiary/aromatic N) is 2. The predicted octanol–water partition coefficient (Wildman–Crippen LogP) is 5.85. The molecule has 1 saturated heterocycles. The van der Waals surface area contributed by atoms with Gasteiger partial charge in [-0.05, 0) is 61.3 Å². The zero-order chi connectivity index (χ0) is 20.1. The minimum atomic E-state index is 0.402. The lowest BCUT2D eigenvalue weighted by atomic mass is 9.72. The van der Waals surface area contributed by atoms with Crippen LogP contribution in [0.25, 0.3) is 5.57 Å². The van der Waals surface area contributed by atoms with Gasteiger partial charge in [-0.2, -0.15) is 0 Å². The highest BCUT2D eigenvalue weighted by Gasteiger charge is 2.28. The summed E-state index contributed by atoms with van der Waals surface area (Å²) in [5.41, 5.74) is 4.73. The van der Waals surface area contributed by atoms with Crippen LogP contribution in [-0.2, 0) is 0 Å². The van der Waals surface area contributed by atoms with E-state index in [1.807, 2.05) is 0 Å². The molecule has 28 heavy (non-hydrogen) atoms. The number of piperazine rings is 1. The maximum atomic E-state index is 5.57. The molecule has 0 N–H and O–H groups in total. The van der Waals surface area contributed by atoms with Crippen molar-refractivity contribution in [2.45, 2.75) is 59.8 Å². The highest BCUT2D eigenvalue weighted by Crippen LogP contribution is 2.42. The molecule has 3 rings (SSSR count). The second kappa shape index (κ2) is 9.35. The van der Waals surface area contributed by atoms with Crippen LogP contribution in [0.2, 0.25) is 0 Å². The lowest BCUT2D eigenvalue weighted by Crippen LogP contribution is -2.46. The van der Waals surface area contributed by atoms with E-state index in [0.29, 0.717) is 5.41 Å². The molecule has 1 aliphatic heterocycles. The first-order valence-corrected chi connectivity index (χ1v) is 11.3. The van der Waals surface area contributed by atoms with Gasteiger partial charge in [0.1, 0.15) is 5.75 Å². The number of hydrogen-bond donors (Lipinski definition) is 0. The summed E-state index contributed by atoms with van der Waals surface area (Å²) in [6.07, 6.45) is 8.80. The van der Waals surface area contributed by atoms with Gasteiger partial charge in [-0.1, -0.05) is 40.2 Å². The summed E-state index contributed by atoms with van der Waals surface area (Å²) in [4.78, 5) is 5.20. The average Bonchev–Trinajstić information content (AvgIpc) is 2.71. The van der Waals surface area contributed by atoms with Gasteiger partial charge in [0, 0.05) is 43.5 Å². The van der Waals surface area contributed by atoms with E-state index in [4.69, 9.17) is 4.74 Å². The molecule has 2 aliphatic rings. The van der Waals surface area contributed by atoms with Crippen molar-refractivity contribution in [1.82, 2.24) is 4.90 Å². The van der Waals surface area contributed by atoms with E-state index in [-0.39, 0.29) is 0 Å². The molecule has 1 unspecified atom stereocenters. The fourth-order valence-corrected chi connectivity index (χ4v) is 4.63. The second-order valence-corrected chi connectivity index (χ2v) is 9.63. The number of rotatable bonds is 6. The maximum absolute atomic E-state index is 5.57. The summed E-state index contributed by atoms with van der Waals surface area (Å²) in [6.45, 7) is 15.2. The molecule has 1 aromatic rings. The molecule has 1 aromatic carbocycles. The van der Waals surface area contributed by atoms with E-state index in [1.165, 1.54) is 68.6 Å². The van der Waals surface area contributed by atoms with Crippen molar-refractivity contribution in [2.75, 3.05) is 44.7 Å². The largest absolute Gasteiger partial charge is 0.497 e. The van der Waals surface area contributed by atoms with Crippen LogP contribution in [-0.4, -0.2) is 44.7 Å². The lowest BCUT2D eigenvalue weighted by Gasteiger charge is -2.38. The first-order valence-electron chi connectivity index (χ1n) is 11.3. The van der Waals surface area contributed by atoms with Crippen LogP contribution in [0.15, 0.2) is 24.3 Å². The summed E-state index contributed by atoms with van der Waals surface area (Å²) in [6, 6.07) is 6.68. The Morgan fingerprint density at radius 2 is 1.86 bits per heavy atom. The van der Waals surface area contributed by atoms with E-state index < -0.39 is 0 Å². The normalized spacial score (nSPS) is 21.5. The van der Waals surface area contributed by atoms with Crippen molar-refractivity contribution in [1.29, 1.82) is 0 Å². The number of hydrogen-bond acceptors (Lipinski definition) is 3. The molecule has 1 heterocycles. The molecule has 1 aliphatic carbocycles. The van der Waals surface area contributed by atoms with Gasteiger partial charge < -0.3 is 9.64 Å². The smallest absolute Gasteiger partial charge is 0.120 e. The number of methoxy groups -OCH3 is 1. The van der Waals surface area contributed by atoms with Crippen LogP contribution in [0.5, 0.6) is 5.75 Å². The summed E-state index contributed by atoms with van der Waals surface area (Å²) < 4.78 is 5.57. The Balaban J connectivity index is 1.77. The van der Waals surface area contributed by atoms with E-state index in [1.54, 1.807) is 7.11 Å². The molecule has 156 valence electrons. The summed E-state index contributed by atoms with van der Waals surface area (Å²) in [7, 11) is 1.77. The maximum Gasteiger partial charge on any atom is 0.120 e. The summed E-state index contributed by atoms with van der Waals surface area (Å²) in [5.74, 6) is 1.76. The second-order valence-electron chi connectivity index (χ2n) is 9.63. The predicted molar refractivity (Wildman–Crippen MR) is 121 cm³/mol. The zero-order valence-corrected chi connectivity index (χ0v) is 18.8. The van der Waals surface area contributed by atoms with Crippen molar-refractivity contribution >= 4 is 11.3 Å². The molecule has 3 heteroatoms. The number of benzene rings is 1. The van der Waals surface area contributed by atoms with Crippen LogP contribution in [0.3, 0.4) is 0 Å². The number of allylic oxidation sites excluding steroid dienone is 2. The van der Waals surface area contributed by atoms with Gasteiger partial charge in [0.05, 0.1) is 7.11 Å². The van der Waals surface area contributed by atoms with Gasteiger partial charge in [-0.25, -0.2) is 0 Å². The Hall–Kier alpha value is -1.48. The van der Waals surface area contributed by atoms with Crippen LogP contribution in [0.1, 0.15) is 65.4 Å². The SMILES string of the molecule is CCCCN1CCN(c2cc(OC)ccc2C2=CCC(C(C)(C)C)CC2)CC1. The van der Waals surface area contributed by atoms with Gasteiger partial charge in [0.2, 0.25) is 0 Å². The quantitative estimate of drug-likeness (QED) is 0.612. The van der Waals surface area contributed by atoms with Gasteiger partial charge in [-0.3, -0.25) is 4.90 Å². The van der Waals surface area contributed by atoms with Gasteiger partial charge >= 0.3 is 0 Å². The number of ether oxygens (including phenoxy) is 1. The zero-order valence-electron chi connectivity index (χ0n) is 18.8. The Kier molecular flexibility index (Phi) is 7.09. The Labute approximate surface area is 172 Å². The number of anilines is 1. The molecule has 0 saturated carbocycles. The third kappa shape index (κ3) is 5.11. The van der Waals surface area contributed by atoms with Crippen LogP contribution in [0, 0.1) is 11.3 Å². The van der Waals surface area contributed by atoms with Gasteiger partial charge in [-0.15, -0.1) is 0 Å². The molecule has 0 radical (unpaired) electrons. The van der Waals surface area contributed by atoms with Crippen molar-refractivity contribution < 1.29 is 4.74 Å². The molecule has 3 nitrogen and oxygen atoms in total. The van der Waals surface area contributed by atoms with Crippen LogP contribution >= 0.6 is 0 Å². The van der Waals surface area contributed by atoms with E-state index >= 15 is 0 Å². The van der Waals surface area contributed by atoms with Crippen molar-refractivity contribution in [3.05, 3.63) is 29.8 Å². The van der Waals surface area contributed by atoms with Crippen molar-refractivity contribution in [3.63, 3.8) is 0 Å². The molecule has 0 amide bonds. The van der Waals surface area contributed by atoms with Crippen molar-refractivity contribution in [2.24, 2.45) is 11.3 Å². The Morgan fingerprint density at radius 1 is 1.11 bits per heavy atom. The third-order valence-electron chi connectivity index (χ3n) is 6.73. The molecule has 1 fully saturated rings. The molecule has 0 bridgehead atoms. The topological polar surface area (TPSA) is 15.7 Å². The molecule has 0 aromatic heterocycles. The monoisotopic (exact) mass is 384 g/mol. The molecule has 1 atom stereocenters. The first kappa shape index (κ1) is 21.2. The van der Waals surface area contributed by atoms with E-state index in [0.717, 1.165) is 24.8 Å². The van der Waals surface area contributed by atoms with Crippen molar-refractivity contribution in [3.8, 4) is 5.75 Å². The Morgan fingerprint density at radius 3 is 2.43 bits per heavy atom. The fraction of sp³-hybridized carbons (Fsp3) is 0.680. The summed E-state index contributed by atoms with van der Waals surface area (Å²) in [5, 5.41) is 0. The molecule has 0 spiro atoms. The van der Waals surface area contributed by atoms with Crippen LogP contribution < -0.4 is 9.64 Å². The van der Waals surface area contributed by atoms with Gasteiger partial charge in [0.15, 0.2) is 0 Å². The first-order chi connectivity index (χ1) is 13.4. The average molecular weight is 385 g/mol. The highest BCUT2D eigenvalue weighted by molar-refractivity contribution is 5.78. The van der Waals surface area contributed by atoms with Gasteiger partial charge in [0.25, 0.3) is 0 Å². The summed E-state index contributed by atoms with van der Waals surface area (Å²) >= 11 is 0. The fourth-order valence-electron chi connectivity index (χ4n) is 4.63. The molecular formula is C25H40N2O. The standard InChI is InChI=1S/C25H40N2O/c1-6-7-14-26-15-17-27(18-16-26)24-19-22(28-5)12-13-23(24)20-8-10-21(11-9-20)25(2,3)4/h8,12-13,19,21H,6-7,9-11,14-18H2,1-5H3. The van der Waals surface area contributed by atoms with E-state index in [9.17, 15) is 0 Å². The lowest BCUT2D eigenvalue weighted by molar-refractivity contribution is 0.225.